The summed E-state index contributed by atoms with van der Waals surface area (Å²) in [7, 11) is 9.10. The van der Waals surface area contributed by atoms with Gasteiger partial charge in [0.25, 0.3) is 0 Å². The van der Waals surface area contributed by atoms with Crippen molar-refractivity contribution in [1.82, 2.24) is 9.88 Å². The average molecular weight is 716 g/mol. The van der Waals surface area contributed by atoms with Crippen molar-refractivity contribution < 1.29 is 42.7 Å². The van der Waals surface area contributed by atoms with E-state index in [1.807, 2.05) is 12.1 Å². The van der Waals surface area contributed by atoms with Crippen LogP contribution in [0.1, 0.15) is 40.5 Å². The minimum atomic E-state index is -0.670. The second-order valence-corrected chi connectivity index (χ2v) is 12.5. The van der Waals surface area contributed by atoms with Crippen LogP contribution in [-0.4, -0.2) is 89.8 Å². The fourth-order valence-corrected chi connectivity index (χ4v) is 7.76. The van der Waals surface area contributed by atoms with Crippen LogP contribution >= 0.6 is 0 Å². The van der Waals surface area contributed by atoms with Crippen molar-refractivity contribution in [1.29, 1.82) is 5.26 Å². The van der Waals surface area contributed by atoms with Gasteiger partial charge >= 0.3 is 11.9 Å². The van der Waals surface area contributed by atoms with E-state index in [-0.39, 0.29) is 29.4 Å². The fraction of sp³-hybridized carbons (Fsp3) is 0.425. The number of hydrogen-bond donors (Lipinski definition) is 1. The topological polar surface area (TPSA) is 142 Å². The summed E-state index contributed by atoms with van der Waals surface area (Å²) < 4.78 is 39.1. The van der Waals surface area contributed by atoms with Gasteiger partial charge in [0.1, 0.15) is 18.0 Å². The maximum absolute atomic E-state index is 13.5. The number of fused-ring (bicyclic) bond motifs is 6. The molecule has 3 aliphatic rings. The number of ether oxygens (including phenoxy) is 7. The summed E-state index contributed by atoms with van der Waals surface area (Å²) in [6.07, 6.45) is 5.38. The van der Waals surface area contributed by atoms with Crippen LogP contribution in [0, 0.1) is 29.1 Å². The molecule has 12 nitrogen and oxygen atoms in total. The van der Waals surface area contributed by atoms with Crippen LogP contribution in [-0.2, 0) is 25.4 Å². The van der Waals surface area contributed by atoms with Crippen molar-refractivity contribution in [2.24, 2.45) is 17.8 Å². The second kappa shape index (κ2) is 18.3. The van der Waals surface area contributed by atoms with E-state index >= 15 is 0 Å². The van der Waals surface area contributed by atoms with Crippen molar-refractivity contribution in [2.45, 2.75) is 37.5 Å². The van der Waals surface area contributed by atoms with Gasteiger partial charge in [0, 0.05) is 48.9 Å². The predicted molar refractivity (Wildman–Crippen MR) is 197 cm³/mol. The number of carbonyl (C=O) groups is 2. The van der Waals surface area contributed by atoms with Crippen LogP contribution in [0.25, 0.3) is 10.9 Å². The molecule has 2 fully saturated rings. The number of piperidine rings is 1. The minimum absolute atomic E-state index is 0.0170. The molecule has 278 valence electrons. The molecule has 52 heavy (non-hydrogen) atoms. The summed E-state index contributed by atoms with van der Waals surface area (Å²) in [5.41, 5.74) is 3.83. The van der Waals surface area contributed by atoms with Gasteiger partial charge in [0.2, 0.25) is 5.75 Å². The molecule has 1 saturated heterocycles. The summed E-state index contributed by atoms with van der Waals surface area (Å²) >= 11 is 0. The number of methoxy groups -OCH3 is 6. The number of allylic oxidation sites excluding steroid dienone is 3. The van der Waals surface area contributed by atoms with Crippen LogP contribution in [0.2, 0.25) is 0 Å². The number of rotatable bonds is 9. The summed E-state index contributed by atoms with van der Waals surface area (Å²) in [5.74, 6) is 0.441. The zero-order valence-electron chi connectivity index (χ0n) is 30.8. The quantitative estimate of drug-likeness (QED) is 0.153. The first kappa shape index (κ1) is 39.5. The molecule has 12 heteroatoms. The molecule has 2 aliphatic heterocycles. The van der Waals surface area contributed by atoms with Crippen molar-refractivity contribution in [3.63, 3.8) is 0 Å². The Labute approximate surface area is 305 Å². The Balaban J connectivity index is 0.000000687. The van der Waals surface area contributed by atoms with Crippen LogP contribution in [0.5, 0.6) is 23.0 Å². The van der Waals surface area contributed by atoms with E-state index in [0.29, 0.717) is 23.7 Å². The standard InChI is InChI=1S/C33H40N2O9.C4H6.C3H3N/c1-38-19-7-8-20-21-9-10-35-16-18-13-27(44-32(36)17-11-25(39-2)30(41-4)26(12-17)40-3)31(42-5)28(33(37)43-6)22(18)15-24(35)29(21)34-23(20)14-19;1-3-4-2;1-2-3-4/h7-8,11-12,14,18,22,24,27-28,31,34H,9-10,13,15-16H2,1-6H3;3-4H,1-2H2;2H,1H2/t18-,22+,24-,27-,28+,31+;;/m1../s1. The highest BCUT2D eigenvalue weighted by molar-refractivity contribution is 5.91. The van der Waals surface area contributed by atoms with Gasteiger partial charge in [0.05, 0.1) is 59.1 Å². The van der Waals surface area contributed by atoms with Crippen LogP contribution in [0.15, 0.2) is 68.3 Å². The Morgan fingerprint density at radius 3 is 2.15 bits per heavy atom. The van der Waals surface area contributed by atoms with E-state index in [9.17, 15) is 9.59 Å². The first-order valence-corrected chi connectivity index (χ1v) is 17.0. The second-order valence-electron chi connectivity index (χ2n) is 12.5. The number of hydrogen-bond acceptors (Lipinski definition) is 11. The number of esters is 2. The van der Waals surface area contributed by atoms with Crippen molar-refractivity contribution in [2.75, 3.05) is 55.7 Å². The molecule has 3 aromatic rings. The molecule has 1 N–H and O–H groups in total. The van der Waals surface area contributed by atoms with Gasteiger partial charge < -0.3 is 38.1 Å². The van der Waals surface area contributed by atoms with E-state index in [1.165, 1.54) is 51.2 Å². The van der Waals surface area contributed by atoms with Gasteiger partial charge in [-0.25, -0.2) is 4.79 Å². The largest absolute Gasteiger partial charge is 0.497 e. The summed E-state index contributed by atoms with van der Waals surface area (Å²) in [6.45, 7) is 11.5. The lowest BCUT2D eigenvalue weighted by Crippen LogP contribution is -2.58. The first-order chi connectivity index (χ1) is 25.2. The molecule has 0 amide bonds. The number of carbonyl (C=O) groups excluding carboxylic acids is 2. The Morgan fingerprint density at radius 1 is 0.942 bits per heavy atom. The van der Waals surface area contributed by atoms with Crippen molar-refractivity contribution in [3.8, 4) is 29.1 Å². The highest BCUT2D eigenvalue weighted by Gasteiger charge is 2.54. The molecule has 1 aliphatic carbocycles. The van der Waals surface area contributed by atoms with Gasteiger partial charge in [0.15, 0.2) is 11.5 Å². The third-order valence-corrected chi connectivity index (χ3v) is 10.0. The predicted octanol–water partition coefficient (Wildman–Crippen LogP) is 6.23. The summed E-state index contributed by atoms with van der Waals surface area (Å²) in [5, 5.41) is 8.72. The number of aromatic nitrogens is 1. The Kier molecular flexibility index (Phi) is 13.9. The average Bonchev–Trinajstić information content (AvgIpc) is 3.57. The maximum atomic E-state index is 13.5. The Hall–Kier alpha value is -5.25. The van der Waals surface area contributed by atoms with Crippen molar-refractivity contribution in [3.05, 3.63) is 85.1 Å². The monoisotopic (exact) mass is 715 g/mol. The van der Waals surface area contributed by atoms with E-state index in [2.05, 4.69) is 35.7 Å². The molecule has 1 aromatic heterocycles. The summed E-state index contributed by atoms with van der Waals surface area (Å²) in [6, 6.07) is 11.1. The Bertz CT molecular complexity index is 1760. The van der Waals surface area contributed by atoms with Gasteiger partial charge in [-0.15, -0.1) is 0 Å². The summed E-state index contributed by atoms with van der Waals surface area (Å²) in [4.78, 5) is 33.1. The number of H-pyrrole nitrogens is 1. The van der Waals surface area contributed by atoms with Gasteiger partial charge in [-0.2, -0.15) is 5.26 Å². The molecule has 3 heterocycles. The molecule has 1 saturated carbocycles. The first-order valence-electron chi connectivity index (χ1n) is 17.0. The Morgan fingerprint density at radius 2 is 1.62 bits per heavy atom. The fourth-order valence-electron chi connectivity index (χ4n) is 7.76. The molecule has 2 aromatic carbocycles. The lowest BCUT2D eigenvalue weighted by Gasteiger charge is -2.52. The molecular formula is C40H49N3O9. The number of nitriles is 1. The molecule has 0 radical (unpaired) electrons. The lowest BCUT2D eigenvalue weighted by molar-refractivity contribution is -0.176. The molecule has 0 spiro atoms. The normalized spacial score (nSPS) is 22.8. The van der Waals surface area contributed by atoms with Crippen LogP contribution in [0.4, 0.5) is 0 Å². The molecule has 0 bridgehead atoms. The van der Waals surface area contributed by atoms with E-state index in [1.54, 1.807) is 44.6 Å². The highest BCUT2D eigenvalue weighted by atomic mass is 16.6. The van der Waals surface area contributed by atoms with E-state index < -0.39 is 24.1 Å². The number of nitrogens with one attached hydrogen (secondary N) is 1. The van der Waals surface area contributed by atoms with Gasteiger partial charge in [-0.1, -0.05) is 31.9 Å². The van der Waals surface area contributed by atoms with Crippen LogP contribution < -0.4 is 18.9 Å². The maximum Gasteiger partial charge on any atom is 0.338 e. The SMILES string of the molecule is C=CC#N.C=CC=C.COC(=O)[C@H]1[C@H]2C[C@@H]3c4[nH]c5cc(OC)ccc5c4CCN3C[C@H]2C[C@@H](OC(=O)c2cc(OC)c(OC)c(OC)c2)[C@@H]1OC. The third-order valence-electron chi connectivity index (χ3n) is 10.0. The van der Waals surface area contributed by atoms with Crippen LogP contribution in [0.3, 0.4) is 0 Å². The molecule has 6 atom stereocenters. The highest BCUT2D eigenvalue weighted by Crippen LogP contribution is 2.51. The van der Waals surface area contributed by atoms with E-state index in [4.69, 9.17) is 38.4 Å². The number of aromatic amines is 1. The van der Waals surface area contributed by atoms with Gasteiger partial charge in [-0.3, -0.25) is 9.69 Å². The number of nitrogens with zero attached hydrogens (tertiary/aromatic N) is 2. The molecule has 0 unspecified atom stereocenters. The molecular weight excluding hydrogens is 666 g/mol. The minimum Gasteiger partial charge on any atom is -0.497 e. The third kappa shape index (κ3) is 8.11. The lowest BCUT2D eigenvalue weighted by atomic mass is 9.63. The van der Waals surface area contributed by atoms with E-state index in [0.717, 1.165) is 37.2 Å². The smallest absolute Gasteiger partial charge is 0.338 e. The molecule has 6 rings (SSSR count). The van der Waals surface area contributed by atoms with Gasteiger partial charge in [-0.05, 0) is 60.9 Å². The number of benzene rings is 2. The zero-order chi connectivity index (χ0) is 37.9. The van der Waals surface area contributed by atoms with Crippen molar-refractivity contribution >= 4 is 22.8 Å². The zero-order valence-corrected chi connectivity index (χ0v) is 30.8.